The van der Waals surface area contributed by atoms with Crippen LogP contribution in [0.15, 0.2) is 77.8 Å². The molecule has 1 N–H and O–H groups in total. The van der Waals surface area contributed by atoms with Crippen molar-refractivity contribution in [3.05, 3.63) is 89.5 Å². The fourth-order valence-electron chi connectivity index (χ4n) is 3.07. The molecule has 4 rings (SSSR count). The molecule has 1 atom stereocenters. The van der Waals surface area contributed by atoms with Crippen molar-refractivity contribution in [1.29, 1.82) is 0 Å². The minimum Gasteiger partial charge on any atom is -0.335 e. The molecular weight excluding hydrogens is 438 g/mol. The van der Waals surface area contributed by atoms with Crippen LogP contribution in [0.1, 0.15) is 16.7 Å². The van der Waals surface area contributed by atoms with Crippen LogP contribution in [0.4, 0.5) is 21.9 Å². The number of anilines is 2. The monoisotopic (exact) mass is 461 g/mol. The van der Waals surface area contributed by atoms with Gasteiger partial charge in [-0.15, -0.1) is 0 Å². The first-order valence-electron chi connectivity index (χ1n) is 10.2. The van der Waals surface area contributed by atoms with Crippen LogP contribution in [0.25, 0.3) is 0 Å². The summed E-state index contributed by atoms with van der Waals surface area (Å²) in [5.74, 6) is -0.254. The van der Waals surface area contributed by atoms with Crippen molar-refractivity contribution in [3.63, 3.8) is 0 Å². The molecule has 0 spiro atoms. The van der Waals surface area contributed by atoms with Crippen LogP contribution < -0.4 is 10.2 Å². The van der Waals surface area contributed by atoms with E-state index in [4.69, 9.17) is 4.99 Å². The van der Waals surface area contributed by atoms with Crippen molar-refractivity contribution < 1.29 is 9.59 Å². The molecule has 0 aliphatic carbocycles. The number of nitrogens with one attached hydrogen (secondary N) is 1. The molecule has 0 saturated carbocycles. The normalized spacial score (nSPS) is 16.5. The third kappa shape index (κ3) is 5.23. The summed E-state index contributed by atoms with van der Waals surface area (Å²) in [6.07, 6.45) is 0. The first kappa shape index (κ1) is 22.2. The van der Waals surface area contributed by atoms with E-state index >= 15 is 0 Å². The predicted octanol–water partition coefficient (Wildman–Crippen LogP) is 6.67. The van der Waals surface area contributed by atoms with Crippen LogP contribution in [-0.2, 0) is 4.79 Å². The number of nitrogens with zero attached hydrogens (tertiary/aromatic N) is 2. The van der Waals surface area contributed by atoms with E-state index in [0.29, 0.717) is 10.9 Å². The first-order chi connectivity index (χ1) is 15.4. The highest BCUT2D eigenvalue weighted by molar-refractivity contribution is 8.31. The molecule has 1 heterocycles. The number of aliphatic imine (C=N–C) groups is 1. The average molecular weight is 462 g/mol. The fourth-order valence-corrected chi connectivity index (χ4v) is 5.22. The Balaban J connectivity index is 1.59. The Morgan fingerprint density at radius 1 is 0.844 bits per heavy atom. The largest absolute Gasteiger partial charge is 0.335 e. The van der Waals surface area contributed by atoms with Crippen molar-refractivity contribution in [1.82, 2.24) is 0 Å². The third-order valence-corrected chi connectivity index (χ3v) is 7.10. The van der Waals surface area contributed by atoms with Gasteiger partial charge >= 0.3 is 0 Å². The topological polar surface area (TPSA) is 61.8 Å². The van der Waals surface area contributed by atoms with Crippen LogP contribution in [0.2, 0.25) is 0 Å². The van der Waals surface area contributed by atoms with Crippen LogP contribution in [-0.4, -0.2) is 20.9 Å². The minimum absolute atomic E-state index is 0.254. The molecule has 3 aromatic rings. The summed E-state index contributed by atoms with van der Waals surface area (Å²) in [4.78, 5) is 31.7. The molecule has 0 radical (unpaired) electrons. The van der Waals surface area contributed by atoms with Gasteiger partial charge in [0.15, 0.2) is 5.17 Å². The number of thioether (sulfide) groups is 2. The second kappa shape index (κ2) is 9.63. The molecule has 5 nitrogen and oxygen atoms in total. The van der Waals surface area contributed by atoms with Crippen molar-refractivity contribution in [2.45, 2.75) is 25.4 Å². The average Bonchev–Trinajstić information content (AvgIpc) is 3.05. The van der Waals surface area contributed by atoms with Gasteiger partial charge in [0, 0.05) is 5.69 Å². The highest BCUT2D eigenvalue weighted by Gasteiger charge is 2.42. The summed E-state index contributed by atoms with van der Waals surface area (Å²) in [6, 6.07) is 23.2. The fraction of sp³-hybridized carbons (Fsp3) is 0.160. The van der Waals surface area contributed by atoms with Crippen LogP contribution >= 0.6 is 23.5 Å². The van der Waals surface area contributed by atoms with E-state index in [1.54, 1.807) is 12.1 Å². The van der Waals surface area contributed by atoms with E-state index in [1.807, 2.05) is 81.4 Å². The van der Waals surface area contributed by atoms with Gasteiger partial charge in [-0.3, -0.25) is 9.59 Å². The summed E-state index contributed by atoms with van der Waals surface area (Å²) in [5, 5.41) is 3.59. The van der Waals surface area contributed by atoms with Crippen LogP contribution in [0.3, 0.4) is 0 Å². The zero-order valence-corrected chi connectivity index (χ0v) is 19.7. The lowest BCUT2D eigenvalue weighted by Crippen LogP contribution is -2.31. The van der Waals surface area contributed by atoms with Gasteiger partial charge in [0.2, 0.25) is 0 Å². The van der Waals surface area contributed by atoms with Gasteiger partial charge < -0.3 is 5.32 Å². The van der Waals surface area contributed by atoms with Crippen molar-refractivity contribution >= 4 is 56.9 Å². The predicted molar refractivity (Wildman–Crippen MR) is 136 cm³/mol. The minimum atomic E-state index is -0.619. The number of hydrogen-bond acceptors (Lipinski definition) is 5. The molecule has 1 aliphatic heterocycles. The maximum Gasteiger partial charge on any atom is 0.294 e. The maximum absolute atomic E-state index is 13.1. The molecule has 2 amide bonds. The van der Waals surface area contributed by atoms with Crippen molar-refractivity contribution in [2.24, 2.45) is 4.99 Å². The Morgan fingerprint density at radius 3 is 1.97 bits per heavy atom. The van der Waals surface area contributed by atoms with E-state index in [0.717, 1.165) is 39.8 Å². The van der Waals surface area contributed by atoms with E-state index in [1.165, 1.54) is 16.7 Å². The van der Waals surface area contributed by atoms with E-state index < -0.39 is 4.58 Å². The van der Waals surface area contributed by atoms with Gasteiger partial charge in [-0.05, 0) is 68.9 Å². The van der Waals surface area contributed by atoms with Crippen LogP contribution in [0.5, 0.6) is 0 Å². The van der Waals surface area contributed by atoms with E-state index in [-0.39, 0.29) is 11.1 Å². The second-order valence-electron chi connectivity index (χ2n) is 7.59. The summed E-state index contributed by atoms with van der Waals surface area (Å²) in [6.45, 7) is 6.02. The van der Waals surface area contributed by atoms with E-state index in [2.05, 4.69) is 5.32 Å². The van der Waals surface area contributed by atoms with E-state index in [9.17, 15) is 9.59 Å². The zero-order chi connectivity index (χ0) is 22.7. The van der Waals surface area contributed by atoms with Gasteiger partial charge in [0.25, 0.3) is 11.1 Å². The molecule has 7 heteroatoms. The molecular formula is C25H23N3O2S2. The Labute approximate surface area is 196 Å². The van der Waals surface area contributed by atoms with Gasteiger partial charge in [0.1, 0.15) is 4.58 Å². The molecule has 3 aromatic carbocycles. The highest BCUT2D eigenvalue weighted by atomic mass is 32.2. The number of imide groups is 1. The number of carbonyl (C=O) groups is 2. The molecule has 0 bridgehead atoms. The summed E-state index contributed by atoms with van der Waals surface area (Å²) >= 11 is 2.27. The SMILES string of the molecule is Cc1ccc(N=C(Nc2ccc(C)cc2)S[C@H]2SC(=O)N(c3ccc(C)cc3)C2=O)cc1. The smallest absolute Gasteiger partial charge is 0.294 e. The lowest BCUT2D eigenvalue weighted by Gasteiger charge is -2.15. The number of amides is 2. The van der Waals surface area contributed by atoms with Crippen molar-refractivity contribution in [2.75, 3.05) is 10.2 Å². The number of aryl methyl sites for hydroxylation is 3. The molecule has 0 aromatic heterocycles. The Bertz CT molecular complexity index is 1160. The molecule has 32 heavy (non-hydrogen) atoms. The second-order valence-corrected chi connectivity index (χ2v) is 10.0. The lowest BCUT2D eigenvalue weighted by atomic mass is 10.2. The first-order valence-corrected chi connectivity index (χ1v) is 11.9. The molecule has 1 fully saturated rings. The zero-order valence-electron chi connectivity index (χ0n) is 18.0. The van der Waals surface area contributed by atoms with Crippen molar-refractivity contribution in [3.8, 4) is 0 Å². The Hall–Kier alpha value is -3.03. The third-order valence-electron chi connectivity index (χ3n) is 4.89. The molecule has 1 saturated heterocycles. The standard InChI is InChI=1S/C25H23N3O2S2/c1-16-4-10-19(11-5-16)26-24(27-20-12-6-17(2)7-13-20)31-23-22(29)28(25(30)32-23)21-14-8-18(3)9-15-21/h4-15,23H,1-3H3,(H,26,27)/t23-/m0/s1. The quantitative estimate of drug-likeness (QED) is 0.347. The highest BCUT2D eigenvalue weighted by Crippen LogP contribution is 2.38. The summed E-state index contributed by atoms with van der Waals surface area (Å²) in [5.41, 5.74) is 5.60. The van der Waals surface area contributed by atoms with Gasteiger partial charge in [-0.25, -0.2) is 9.89 Å². The maximum atomic E-state index is 13.1. The number of amidine groups is 1. The lowest BCUT2D eigenvalue weighted by molar-refractivity contribution is -0.115. The molecule has 1 aliphatic rings. The van der Waals surface area contributed by atoms with Gasteiger partial charge in [0.05, 0.1) is 11.4 Å². The Morgan fingerprint density at radius 2 is 1.38 bits per heavy atom. The number of benzene rings is 3. The number of hydrogen-bond donors (Lipinski definition) is 1. The van der Waals surface area contributed by atoms with Gasteiger partial charge in [-0.1, -0.05) is 64.9 Å². The number of carbonyl (C=O) groups excluding carboxylic acids is 2. The molecule has 0 unspecified atom stereocenters. The number of rotatable bonds is 4. The van der Waals surface area contributed by atoms with Crippen LogP contribution in [0, 0.1) is 20.8 Å². The summed E-state index contributed by atoms with van der Waals surface area (Å²) in [7, 11) is 0. The summed E-state index contributed by atoms with van der Waals surface area (Å²) < 4.78 is -0.619. The Kier molecular flexibility index (Phi) is 6.67. The molecule has 162 valence electrons. The van der Waals surface area contributed by atoms with Gasteiger partial charge in [-0.2, -0.15) is 0 Å².